The zero-order valence-corrected chi connectivity index (χ0v) is 5.96. The Labute approximate surface area is 60.2 Å². The third-order valence-corrected chi connectivity index (χ3v) is 1.27. The smallest absolute Gasteiger partial charge is 0.219 e. The molecular weight excluding hydrogens is 128 g/mol. The van der Waals surface area contributed by atoms with Gasteiger partial charge in [-0.1, -0.05) is 6.08 Å². The summed E-state index contributed by atoms with van der Waals surface area (Å²) in [6, 6.07) is 0. The van der Waals surface area contributed by atoms with Crippen molar-refractivity contribution in [1.29, 1.82) is 0 Å². The maximum atomic E-state index is 11.0. The molecule has 2 nitrogen and oxygen atoms in total. The number of allylic oxidation sites excluding steroid dienone is 2. The Morgan fingerprint density at radius 3 is 3.10 bits per heavy atom. The van der Waals surface area contributed by atoms with Gasteiger partial charge in [0.05, 0.1) is 6.61 Å². The van der Waals surface area contributed by atoms with Gasteiger partial charge in [0.1, 0.15) is 0 Å². The predicted octanol–water partition coefficient (Wildman–Crippen LogP) is 1.44. The minimum absolute atomic E-state index is 0.0278. The molecule has 0 unspecified atom stereocenters. The molecule has 10 heavy (non-hydrogen) atoms. The monoisotopic (exact) mass is 138 g/mol. The van der Waals surface area contributed by atoms with Crippen molar-refractivity contribution in [2.24, 2.45) is 0 Å². The minimum Gasteiger partial charge on any atom is -0.490 e. The Balaban J connectivity index is 2.56. The highest BCUT2D eigenvalue weighted by molar-refractivity contribution is 6.02. The summed E-state index contributed by atoms with van der Waals surface area (Å²) in [4.78, 5) is 11.0. The summed E-state index contributed by atoms with van der Waals surface area (Å²) in [5, 5.41) is 0. The molecule has 0 radical (unpaired) electrons. The van der Waals surface area contributed by atoms with Crippen LogP contribution in [-0.2, 0) is 9.53 Å². The van der Waals surface area contributed by atoms with Crippen LogP contribution in [0, 0.1) is 0 Å². The average molecular weight is 138 g/mol. The van der Waals surface area contributed by atoms with Gasteiger partial charge in [0.2, 0.25) is 5.78 Å². The number of rotatable bonds is 2. The van der Waals surface area contributed by atoms with Gasteiger partial charge in [0.15, 0.2) is 5.76 Å². The van der Waals surface area contributed by atoms with Gasteiger partial charge in [0, 0.05) is 6.42 Å². The van der Waals surface area contributed by atoms with E-state index < -0.39 is 0 Å². The molecule has 0 spiro atoms. The molecule has 0 atom stereocenters. The number of carbonyl (C=O) groups excluding carboxylic acids is 1. The fourth-order valence-corrected chi connectivity index (χ4v) is 0.823. The van der Waals surface area contributed by atoms with Gasteiger partial charge in [0.25, 0.3) is 0 Å². The first-order valence-corrected chi connectivity index (χ1v) is 3.34. The van der Waals surface area contributed by atoms with Crippen LogP contribution in [0.1, 0.15) is 13.3 Å². The zero-order chi connectivity index (χ0) is 7.40. The van der Waals surface area contributed by atoms with E-state index in [0.29, 0.717) is 12.4 Å². The summed E-state index contributed by atoms with van der Waals surface area (Å²) >= 11 is 0. The minimum atomic E-state index is -0.0278. The van der Waals surface area contributed by atoms with Crippen LogP contribution in [0.3, 0.4) is 0 Å². The van der Waals surface area contributed by atoms with Gasteiger partial charge in [-0.3, -0.25) is 4.79 Å². The van der Waals surface area contributed by atoms with Crippen molar-refractivity contribution in [2.45, 2.75) is 13.3 Å². The van der Waals surface area contributed by atoms with Crippen LogP contribution in [-0.4, -0.2) is 12.4 Å². The first-order valence-electron chi connectivity index (χ1n) is 3.34. The molecular formula is C8H10O2. The Morgan fingerprint density at radius 1 is 1.80 bits per heavy atom. The van der Waals surface area contributed by atoms with Crippen molar-refractivity contribution in [1.82, 2.24) is 0 Å². The molecule has 54 valence electrons. The normalized spacial score (nSPS) is 17.1. The van der Waals surface area contributed by atoms with Crippen molar-refractivity contribution >= 4 is 5.78 Å². The summed E-state index contributed by atoms with van der Waals surface area (Å²) in [5.41, 5.74) is 0. The number of hydrogen-bond donors (Lipinski definition) is 0. The molecule has 0 aromatic carbocycles. The fraction of sp³-hybridized carbons (Fsp3) is 0.375. The maximum absolute atomic E-state index is 11.0. The number of hydrogen-bond acceptors (Lipinski definition) is 2. The molecule has 0 aromatic heterocycles. The van der Waals surface area contributed by atoms with Gasteiger partial charge in [-0.2, -0.15) is 0 Å². The Kier molecular flexibility index (Phi) is 2.26. The van der Waals surface area contributed by atoms with Gasteiger partial charge in [-0.15, -0.1) is 0 Å². The lowest BCUT2D eigenvalue weighted by atomic mass is 10.3. The van der Waals surface area contributed by atoms with Crippen LogP contribution in [0.2, 0.25) is 0 Å². The van der Waals surface area contributed by atoms with Crippen molar-refractivity contribution in [3.05, 3.63) is 24.0 Å². The topological polar surface area (TPSA) is 26.3 Å². The molecule has 1 aliphatic heterocycles. The van der Waals surface area contributed by atoms with Crippen LogP contribution in [0.5, 0.6) is 0 Å². The predicted molar refractivity (Wildman–Crippen MR) is 38.5 cm³/mol. The molecule has 0 saturated heterocycles. The number of carbonyl (C=O) groups is 1. The standard InChI is InChI=1S/C8H10O2/c1-2-4-7(9)8-5-3-6-10-8/h2,4-5H,3,6H2,1H3/b4-2+. The van der Waals surface area contributed by atoms with Gasteiger partial charge in [-0.25, -0.2) is 0 Å². The van der Waals surface area contributed by atoms with E-state index in [1.165, 1.54) is 6.08 Å². The van der Waals surface area contributed by atoms with Crippen LogP contribution in [0.25, 0.3) is 0 Å². The first-order chi connectivity index (χ1) is 4.84. The molecule has 0 aromatic rings. The molecule has 0 amide bonds. The quantitative estimate of drug-likeness (QED) is 0.539. The highest BCUT2D eigenvalue weighted by atomic mass is 16.5. The Bertz CT molecular complexity index is 189. The lowest BCUT2D eigenvalue weighted by Crippen LogP contribution is -1.97. The second-order valence-electron chi connectivity index (χ2n) is 2.07. The third-order valence-electron chi connectivity index (χ3n) is 1.27. The van der Waals surface area contributed by atoms with Crippen molar-refractivity contribution in [2.75, 3.05) is 6.61 Å². The molecule has 2 heteroatoms. The van der Waals surface area contributed by atoms with E-state index in [0.717, 1.165) is 6.42 Å². The number of ketones is 1. The van der Waals surface area contributed by atoms with E-state index in [2.05, 4.69) is 0 Å². The summed E-state index contributed by atoms with van der Waals surface area (Å²) in [6.45, 7) is 2.46. The average Bonchev–Trinajstić information content (AvgIpc) is 2.38. The van der Waals surface area contributed by atoms with Crippen LogP contribution in [0.15, 0.2) is 24.0 Å². The van der Waals surface area contributed by atoms with Gasteiger partial charge >= 0.3 is 0 Å². The molecule has 0 saturated carbocycles. The van der Waals surface area contributed by atoms with Crippen LogP contribution < -0.4 is 0 Å². The van der Waals surface area contributed by atoms with Crippen molar-refractivity contribution in [3.63, 3.8) is 0 Å². The largest absolute Gasteiger partial charge is 0.490 e. The van der Waals surface area contributed by atoms with E-state index in [9.17, 15) is 4.79 Å². The summed E-state index contributed by atoms with van der Waals surface area (Å²) in [5.74, 6) is 0.470. The Hall–Kier alpha value is -1.05. The molecule has 1 aliphatic rings. The summed E-state index contributed by atoms with van der Waals surface area (Å²) < 4.78 is 5.03. The van der Waals surface area contributed by atoms with Gasteiger partial charge < -0.3 is 4.74 Å². The van der Waals surface area contributed by atoms with Crippen molar-refractivity contribution in [3.8, 4) is 0 Å². The second kappa shape index (κ2) is 3.20. The summed E-state index contributed by atoms with van der Waals surface area (Å²) in [7, 11) is 0. The third kappa shape index (κ3) is 1.47. The van der Waals surface area contributed by atoms with Gasteiger partial charge in [-0.05, 0) is 19.1 Å². The fourth-order valence-electron chi connectivity index (χ4n) is 0.823. The summed E-state index contributed by atoms with van der Waals surface area (Å²) in [6.07, 6.45) is 5.91. The highest BCUT2D eigenvalue weighted by Gasteiger charge is 2.10. The molecule has 1 heterocycles. The number of ether oxygens (including phenoxy) is 1. The molecule has 0 aliphatic carbocycles. The lowest BCUT2D eigenvalue weighted by molar-refractivity contribution is -0.114. The van der Waals surface area contributed by atoms with E-state index in [1.54, 1.807) is 6.08 Å². The SMILES string of the molecule is C/C=C/C(=O)C1=CCCO1. The second-order valence-corrected chi connectivity index (χ2v) is 2.07. The van der Waals surface area contributed by atoms with E-state index >= 15 is 0 Å². The Morgan fingerprint density at radius 2 is 2.60 bits per heavy atom. The maximum Gasteiger partial charge on any atom is 0.219 e. The first kappa shape index (κ1) is 7.06. The highest BCUT2D eigenvalue weighted by Crippen LogP contribution is 2.09. The van der Waals surface area contributed by atoms with E-state index in [4.69, 9.17) is 4.74 Å². The zero-order valence-electron chi connectivity index (χ0n) is 5.96. The van der Waals surface area contributed by atoms with Crippen LogP contribution >= 0.6 is 0 Å². The van der Waals surface area contributed by atoms with Crippen LogP contribution in [0.4, 0.5) is 0 Å². The molecule has 0 fully saturated rings. The van der Waals surface area contributed by atoms with Crippen molar-refractivity contribution < 1.29 is 9.53 Å². The molecule has 1 rings (SSSR count). The van der Waals surface area contributed by atoms with E-state index in [1.807, 2.05) is 13.0 Å². The molecule has 0 bridgehead atoms. The van der Waals surface area contributed by atoms with E-state index in [-0.39, 0.29) is 5.78 Å². The molecule has 0 N–H and O–H groups in total. The lowest BCUT2D eigenvalue weighted by Gasteiger charge is -1.95.